The van der Waals surface area contributed by atoms with Gasteiger partial charge in [0, 0.05) is 30.0 Å². The largest absolute Gasteiger partial charge is 0.497 e. The van der Waals surface area contributed by atoms with E-state index in [4.69, 9.17) is 9.47 Å². The van der Waals surface area contributed by atoms with Gasteiger partial charge in [0.2, 0.25) is 10.0 Å². The smallest absolute Gasteiger partial charge is 0.244 e. The summed E-state index contributed by atoms with van der Waals surface area (Å²) in [5, 5.41) is 0. The third-order valence-electron chi connectivity index (χ3n) is 4.61. The van der Waals surface area contributed by atoms with Crippen molar-refractivity contribution in [1.29, 1.82) is 0 Å². The zero-order chi connectivity index (χ0) is 18.2. The molecule has 1 aromatic heterocycles. The Morgan fingerprint density at radius 3 is 2.48 bits per heavy atom. The van der Waals surface area contributed by atoms with E-state index in [9.17, 15) is 8.42 Å². The van der Waals surface area contributed by atoms with Crippen LogP contribution in [-0.4, -0.2) is 27.2 Å². The molecule has 1 aliphatic rings. The van der Waals surface area contributed by atoms with Gasteiger partial charge in [-0.25, -0.2) is 13.1 Å². The molecule has 136 valence electrons. The molecule has 0 radical (unpaired) electrons. The van der Waals surface area contributed by atoms with Crippen LogP contribution in [0.1, 0.15) is 35.8 Å². The lowest BCUT2D eigenvalue weighted by Gasteiger charge is -2.12. The monoisotopic (exact) mass is 364 g/mol. The number of aromatic nitrogens is 1. The average Bonchev–Trinajstić information content (AvgIpc) is 3.38. The van der Waals surface area contributed by atoms with E-state index in [0.717, 1.165) is 11.3 Å². The van der Waals surface area contributed by atoms with Crippen molar-refractivity contribution in [2.24, 2.45) is 0 Å². The number of methoxy groups -OCH3 is 2. The summed E-state index contributed by atoms with van der Waals surface area (Å²) in [6, 6.07) is 7.30. The SMILES string of the molecule is COc1ccc(S(=O)(=O)NCc2cc(C)n(C3CC3)c2C)c(OC)c1. The van der Waals surface area contributed by atoms with Crippen molar-refractivity contribution in [1.82, 2.24) is 9.29 Å². The topological polar surface area (TPSA) is 69.6 Å². The summed E-state index contributed by atoms with van der Waals surface area (Å²) in [6.07, 6.45) is 2.40. The van der Waals surface area contributed by atoms with Gasteiger partial charge in [0.15, 0.2) is 0 Å². The van der Waals surface area contributed by atoms with E-state index in [1.807, 2.05) is 6.92 Å². The molecule has 2 aromatic rings. The predicted octanol–water partition coefficient (Wildman–Crippen LogP) is 2.94. The Labute approximate surface area is 148 Å². The third-order valence-corrected chi connectivity index (χ3v) is 6.05. The summed E-state index contributed by atoms with van der Waals surface area (Å²) >= 11 is 0. The molecule has 6 nitrogen and oxygen atoms in total. The Bertz CT molecular complexity index is 883. The summed E-state index contributed by atoms with van der Waals surface area (Å²) in [4.78, 5) is 0.104. The average molecular weight is 364 g/mol. The molecular weight excluding hydrogens is 340 g/mol. The minimum atomic E-state index is -3.69. The fourth-order valence-electron chi connectivity index (χ4n) is 3.17. The first-order chi connectivity index (χ1) is 11.9. The van der Waals surface area contributed by atoms with Crippen LogP contribution in [0.25, 0.3) is 0 Å². The Morgan fingerprint density at radius 2 is 1.88 bits per heavy atom. The molecule has 0 amide bonds. The quantitative estimate of drug-likeness (QED) is 0.820. The number of nitrogens with zero attached hydrogens (tertiary/aromatic N) is 1. The second kappa shape index (κ2) is 6.72. The molecule has 1 aromatic carbocycles. The summed E-state index contributed by atoms with van der Waals surface area (Å²) in [5.74, 6) is 0.805. The van der Waals surface area contributed by atoms with E-state index >= 15 is 0 Å². The summed E-state index contributed by atoms with van der Waals surface area (Å²) in [7, 11) is -0.725. The molecule has 1 saturated carbocycles. The number of sulfonamides is 1. The predicted molar refractivity (Wildman–Crippen MR) is 95.7 cm³/mol. The normalized spacial score (nSPS) is 14.6. The first-order valence-corrected chi connectivity index (χ1v) is 9.74. The number of hydrogen-bond donors (Lipinski definition) is 1. The van der Waals surface area contributed by atoms with Crippen LogP contribution in [0.5, 0.6) is 11.5 Å². The number of aryl methyl sites for hydroxylation is 1. The van der Waals surface area contributed by atoms with Gasteiger partial charge >= 0.3 is 0 Å². The fraction of sp³-hybridized carbons (Fsp3) is 0.444. The van der Waals surface area contributed by atoms with Crippen molar-refractivity contribution in [3.63, 3.8) is 0 Å². The molecule has 0 spiro atoms. The van der Waals surface area contributed by atoms with Gasteiger partial charge in [-0.15, -0.1) is 0 Å². The molecule has 0 aliphatic heterocycles. The van der Waals surface area contributed by atoms with Crippen molar-refractivity contribution in [2.75, 3.05) is 14.2 Å². The molecular formula is C18H24N2O4S. The Kier molecular flexibility index (Phi) is 4.79. The van der Waals surface area contributed by atoms with Crippen LogP contribution in [-0.2, 0) is 16.6 Å². The molecule has 7 heteroatoms. The number of hydrogen-bond acceptors (Lipinski definition) is 4. The lowest BCUT2D eigenvalue weighted by molar-refractivity contribution is 0.386. The van der Waals surface area contributed by atoms with Gasteiger partial charge in [-0.3, -0.25) is 0 Å². The van der Waals surface area contributed by atoms with Crippen LogP contribution < -0.4 is 14.2 Å². The maximum atomic E-state index is 12.7. The molecule has 25 heavy (non-hydrogen) atoms. The van der Waals surface area contributed by atoms with Gasteiger partial charge in [-0.2, -0.15) is 0 Å². The molecule has 3 rings (SSSR count). The van der Waals surface area contributed by atoms with Gasteiger partial charge < -0.3 is 14.0 Å². The van der Waals surface area contributed by atoms with Crippen molar-refractivity contribution in [3.05, 3.63) is 41.2 Å². The fourth-order valence-corrected chi connectivity index (χ4v) is 4.32. The Hall–Kier alpha value is -1.99. The standard InChI is InChI=1S/C18H24N2O4S/c1-12-9-14(13(2)20(12)15-5-6-15)11-19-25(21,22)18-8-7-16(23-3)10-17(18)24-4/h7-10,15,19H,5-6,11H2,1-4H3. The number of nitrogens with one attached hydrogen (secondary N) is 1. The molecule has 0 bridgehead atoms. The highest BCUT2D eigenvalue weighted by molar-refractivity contribution is 7.89. The zero-order valence-corrected chi connectivity index (χ0v) is 15.8. The number of rotatable bonds is 7. The van der Waals surface area contributed by atoms with Gasteiger partial charge in [0.05, 0.1) is 14.2 Å². The molecule has 0 atom stereocenters. The van der Waals surface area contributed by atoms with Crippen LogP contribution >= 0.6 is 0 Å². The van der Waals surface area contributed by atoms with Gasteiger partial charge in [0.1, 0.15) is 16.4 Å². The highest BCUT2D eigenvalue weighted by Gasteiger charge is 2.27. The maximum absolute atomic E-state index is 12.7. The second-order valence-corrected chi connectivity index (χ2v) is 8.07. The van der Waals surface area contributed by atoms with Crippen LogP contribution in [0, 0.1) is 13.8 Å². The van der Waals surface area contributed by atoms with Crippen molar-refractivity contribution in [2.45, 2.75) is 44.2 Å². The van der Waals surface area contributed by atoms with Crippen LogP contribution in [0.4, 0.5) is 0 Å². The van der Waals surface area contributed by atoms with Gasteiger partial charge in [-0.1, -0.05) is 0 Å². The van der Waals surface area contributed by atoms with E-state index in [0.29, 0.717) is 11.8 Å². The first kappa shape index (κ1) is 17.8. The highest BCUT2D eigenvalue weighted by Crippen LogP contribution is 2.38. The Morgan fingerprint density at radius 1 is 1.16 bits per heavy atom. The van der Waals surface area contributed by atoms with E-state index in [2.05, 4.69) is 22.3 Å². The number of benzene rings is 1. The van der Waals surface area contributed by atoms with Crippen molar-refractivity contribution in [3.8, 4) is 11.5 Å². The summed E-state index contributed by atoms with van der Waals surface area (Å²) in [6.45, 7) is 4.36. The van der Waals surface area contributed by atoms with E-state index in [-0.39, 0.29) is 17.2 Å². The Balaban J connectivity index is 1.82. The van der Waals surface area contributed by atoms with Crippen molar-refractivity contribution >= 4 is 10.0 Å². The maximum Gasteiger partial charge on any atom is 0.244 e. The lowest BCUT2D eigenvalue weighted by Crippen LogP contribution is -2.24. The molecule has 0 unspecified atom stereocenters. The lowest BCUT2D eigenvalue weighted by atomic mass is 10.2. The minimum absolute atomic E-state index is 0.104. The molecule has 1 fully saturated rings. The van der Waals surface area contributed by atoms with Crippen molar-refractivity contribution < 1.29 is 17.9 Å². The molecule has 1 N–H and O–H groups in total. The van der Waals surface area contributed by atoms with Crippen LogP contribution in [0.3, 0.4) is 0 Å². The highest BCUT2D eigenvalue weighted by atomic mass is 32.2. The molecule has 1 aliphatic carbocycles. The second-order valence-electron chi connectivity index (χ2n) is 6.34. The van der Waals surface area contributed by atoms with E-state index in [1.165, 1.54) is 38.8 Å². The molecule has 1 heterocycles. The summed E-state index contributed by atoms with van der Waals surface area (Å²) < 4.78 is 40.7. The first-order valence-electron chi connectivity index (χ1n) is 8.26. The van der Waals surface area contributed by atoms with E-state index in [1.54, 1.807) is 12.1 Å². The van der Waals surface area contributed by atoms with Crippen LogP contribution in [0.15, 0.2) is 29.2 Å². The third kappa shape index (κ3) is 3.52. The van der Waals surface area contributed by atoms with Crippen LogP contribution in [0.2, 0.25) is 0 Å². The molecule has 0 saturated heterocycles. The summed E-state index contributed by atoms with van der Waals surface area (Å²) in [5.41, 5.74) is 3.31. The van der Waals surface area contributed by atoms with Gasteiger partial charge in [-0.05, 0) is 50.5 Å². The number of ether oxygens (including phenoxy) is 2. The minimum Gasteiger partial charge on any atom is -0.497 e. The zero-order valence-electron chi connectivity index (χ0n) is 15.0. The van der Waals surface area contributed by atoms with Gasteiger partial charge in [0.25, 0.3) is 0 Å². The van der Waals surface area contributed by atoms with E-state index < -0.39 is 10.0 Å².